The minimum absolute atomic E-state index is 0.0151. The number of nitrogens with zero attached hydrogens (tertiary/aromatic N) is 1. The number of hydrogen-bond acceptors (Lipinski definition) is 3. The van der Waals surface area contributed by atoms with E-state index in [1.807, 2.05) is 13.0 Å². The maximum absolute atomic E-state index is 13.1. The number of benzene rings is 1. The Balaban J connectivity index is 1.84. The lowest BCUT2D eigenvalue weighted by atomic mass is 10.1. The maximum Gasteiger partial charge on any atom is 0.234 e. The molecule has 2 rings (SSSR count). The lowest BCUT2D eigenvalue weighted by molar-refractivity contribution is -0.123. The number of carbonyl (C=O) groups is 1. The lowest BCUT2D eigenvalue weighted by Gasteiger charge is -2.27. The van der Waals surface area contributed by atoms with Crippen molar-refractivity contribution in [1.82, 2.24) is 15.5 Å². The zero-order valence-corrected chi connectivity index (χ0v) is 11.2. The molecule has 4 nitrogen and oxygen atoms in total. The van der Waals surface area contributed by atoms with E-state index in [0.717, 1.165) is 31.7 Å². The first-order valence-electron chi connectivity index (χ1n) is 6.63. The largest absolute Gasteiger partial charge is 0.348 e. The predicted octanol–water partition coefficient (Wildman–Crippen LogP) is 0.908. The molecule has 1 fully saturated rings. The highest BCUT2D eigenvalue weighted by Crippen LogP contribution is 2.13. The van der Waals surface area contributed by atoms with Gasteiger partial charge in [0.1, 0.15) is 5.82 Å². The molecule has 1 amide bonds. The van der Waals surface area contributed by atoms with Crippen molar-refractivity contribution in [2.24, 2.45) is 0 Å². The number of halogens is 1. The molecule has 0 aromatic heterocycles. The second-order valence-electron chi connectivity index (χ2n) is 4.87. The van der Waals surface area contributed by atoms with Crippen molar-refractivity contribution in [3.05, 3.63) is 35.6 Å². The molecule has 5 heteroatoms. The third kappa shape index (κ3) is 4.29. The van der Waals surface area contributed by atoms with Gasteiger partial charge < -0.3 is 10.6 Å². The molecule has 1 atom stereocenters. The van der Waals surface area contributed by atoms with E-state index in [-0.39, 0.29) is 17.8 Å². The van der Waals surface area contributed by atoms with E-state index in [0.29, 0.717) is 6.54 Å². The zero-order valence-electron chi connectivity index (χ0n) is 11.2. The van der Waals surface area contributed by atoms with Crippen molar-refractivity contribution >= 4 is 5.91 Å². The molecule has 0 spiro atoms. The Kier molecular flexibility index (Phi) is 4.87. The third-order valence-electron chi connectivity index (χ3n) is 3.30. The van der Waals surface area contributed by atoms with Crippen LogP contribution in [0.15, 0.2) is 24.3 Å². The first kappa shape index (κ1) is 14.0. The molecule has 19 heavy (non-hydrogen) atoms. The number of carbonyl (C=O) groups excluding carboxylic acids is 1. The Morgan fingerprint density at radius 3 is 2.89 bits per heavy atom. The summed E-state index contributed by atoms with van der Waals surface area (Å²) in [6, 6.07) is 6.16. The van der Waals surface area contributed by atoms with Gasteiger partial charge in [-0.05, 0) is 24.6 Å². The van der Waals surface area contributed by atoms with Gasteiger partial charge in [0.2, 0.25) is 5.91 Å². The van der Waals surface area contributed by atoms with Gasteiger partial charge in [-0.2, -0.15) is 0 Å². The van der Waals surface area contributed by atoms with Crippen molar-refractivity contribution in [2.45, 2.75) is 13.0 Å². The van der Waals surface area contributed by atoms with Gasteiger partial charge in [0, 0.05) is 26.2 Å². The normalized spacial score (nSPS) is 18.0. The Hall–Kier alpha value is -1.46. The molecule has 1 aromatic carbocycles. The number of rotatable bonds is 4. The van der Waals surface area contributed by atoms with Gasteiger partial charge in [-0.3, -0.25) is 9.69 Å². The van der Waals surface area contributed by atoms with E-state index in [2.05, 4.69) is 15.5 Å². The fourth-order valence-electron chi connectivity index (χ4n) is 2.22. The van der Waals surface area contributed by atoms with Gasteiger partial charge in [-0.25, -0.2) is 4.39 Å². The van der Waals surface area contributed by atoms with Crippen LogP contribution in [-0.2, 0) is 4.79 Å². The second kappa shape index (κ2) is 6.63. The fourth-order valence-corrected chi connectivity index (χ4v) is 2.22. The maximum atomic E-state index is 13.1. The van der Waals surface area contributed by atoms with Crippen molar-refractivity contribution < 1.29 is 9.18 Å². The van der Waals surface area contributed by atoms with Crippen molar-refractivity contribution in [3.8, 4) is 0 Å². The Morgan fingerprint density at radius 2 is 2.21 bits per heavy atom. The molecule has 1 aliphatic rings. The summed E-state index contributed by atoms with van der Waals surface area (Å²) in [6.07, 6.45) is 0. The number of nitrogens with one attached hydrogen (secondary N) is 2. The van der Waals surface area contributed by atoms with Crippen LogP contribution in [0.2, 0.25) is 0 Å². The molecule has 1 heterocycles. The summed E-state index contributed by atoms with van der Waals surface area (Å²) in [5.41, 5.74) is 0.786. The lowest BCUT2D eigenvalue weighted by Crippen LogP contribution is -2.47. The van der Waals surface area contributed by atoms with Gasteiger partial charge in [-0.1, -0.05) is 12.1 Å². The summed E-state index contributed by atoms with van der Waals surface area (Å²) in [4.78, 5) is 14.0. The topological polar surface area (TPSA) is 44.4 Å². The summed E-state index contributed by atoms with van der Waals surface area (Å²) in [6.45, 7) is 5.90. The van der Waals surface area contributed by atoms with E-state index in [9.17, 15) is 9.18 Å². The Labute approximate surface area is 113 Å². The molecule has 2 N–H and O–H groups in total. The molecule has 1 unspecified atom stereocenters. The molecule has 0 bridgehead atoms. The van der Waals surface area contributed by atoms with Crippen LogP contribution in [0.3, 0.4) is 0 Å². The first-order chi connectivity index (χ1) is 9.15. The van der Waals surface area contributed by atoms with E-state index in [4.69, 9.17) is 0 Å². The second-order valence-corrected chi connectivity index (χ2v) is 4.87. The molecule has 104 valence electrons. The molecular formula is C14H20FN3O. The number of piperazine rings is 1. The molecule has 0 saturated carbocycles. The van der Waals surface area contributed by atoms with E-state index in [1.54, 1.807) is 6.07 Å². The smallest absolute Gasteiger partial charge is 0.234 e. The molecular weight excluding hydrogens is 245 g/mol. The highest BCUT2D eigenvalue weighted by atomic mass is 19.1. The predicted molar refractivity (Wildman–Crippen MR) is 72.3 cm³/mol. The summed E-state index contributed by atoms with van der Waals surface area (Å²) >= 11 is 0. The molecule has 1 aromatic rings. The van der Waals surface area contributed by atoms with Crippen molar-refractivity contribution in [2.75, 3.05) is 32.7 Å². The summed E-state index contributed by atoms with van der Waals surface area (Å²) < 4.78 is 13.1. The molecule has 1 aliphatic heterocycles. The highest BCUT2D eigenvalue weighted by Gasteiger charge is 2.15. The van der Waals surface area contributed by atoms with Crippen LogP contribution in [0.25, 0.3) is 0 Å². The minimum Gasteiger partial charge on any atom is -0.348 e. The standard InChI is InChI=1S/C14H20FN3O/c1-11(12-3-2-4-13(15)9-12)17-14(19)10-18-7-5-16-6-8-18/h2-4,9,11,16H,5-8,10H2,1H3,(H,17,19). The number of hydrogen-bond donors (Lipinski definition) is 2. The van der Waals surface area contributed by atoms with Crippen LogP contribution in [0.1, 0.15) is 18.5 Å². The summed E-state index contributed by atoms with van der Waals surface area (Å²) in [5.74, 6) is -0.292. The van der Waals surface area contributed by atoms with Crippen molar-refractivity contribution in [1.29, 1.82) is 0 Å². The fraction of sp³-hybridized carbons (Fsp3) is 0.500. The van der Waals surface area contributed by atoms with Crippen molar-refractivity contribution in [3.63, 3.8) is 0 Å². The molecule has 0 radical (unpaired) electrons. The number of amides is 1. The summed E-state index contributed by atoms with van der Waals surface area (Å²) in [7, 11) is 0. The van der Waals surface area contributed by atoms with Gasteiger partial charge in [0.25, 0.3) is 0 Å². The Morgan fingerprint density at radius 1 is 1.47 bits per heavy atom. The average Bonchev–Trinajstić information content (AvgIpc) is 2.39. The van der Waals surface area contributed by atoms with E-state index < -0.39 is 0 Å². The molecule has 1 saturated heterocycles. The average molecular weight is 265 g/mol. The van der Waals surface area contributed by atoms with Crippen LogP contribution in [-0.4, -0.2) is 43.5 Å². The van der Waals surface area contributed by atoms with Crippen LogP contribution < -0.4 is 10.6 Å². The zero-order chi connectivity index (χ0) is 13.7. The van der Waals surface area contributed by atoms with E-state index >= 15 is 0 Å². The summed E-state index contributed by atoms with van der Waals surface area (Å²) in [5, 5.41) is 6.15. The molecule has 0 aliphatic carbocycles. The van der Waals surface area contributed by atoms with Gasteiger partial charge >= 0.3 is 0 Å². The SMILES string of the molecule is CC(NC(=O)CN1CCNCC1)c1cccc(F)c1. The highest BCUT2D eigenvalue weighted by molar-refractivity contribution is 5.78. The monoisotopic (exact) mass is 265 g/mol. The van der Waals surface area contributed by atoms with Gasteiger partial charge in [-0.15, -0.1) is 0 Å². The first-order valence-corrected chi connectivity index (χ1v) is 6.63. The van der Waals surface area contributed by atoms with Crippen LogP contribution in [0.4, 0.5) is 4.39 Å². The third-order valence-corrected chi connectivity index (χ3v) is 3.30. The van der Waals surface area contributed by atoms with Crippen LogP contribution >= 0.6 is 0 Å². The van der Waals surface area contributed by atoms with Gasteiger partial charge in [0.15, 0.2) is 0 Å². The van der Waals surface area contributed by atoms with E-state index in [1.165, 1.54) is 12.1 Å². The Bertz CT molecular complexity index is 432. The minimum atomic E-state index is -0.277. The quantitative estimate of drug-likeness (QED) is 0.850. The van der Waals surface area contributed by atoms with Crippen LogP contribution in [0.5, 0.6) is 0 Å². The van der Waals surface area contributed by atoms with Gasteiger partial charge in [0.05, 0.1) is 12.6 Å². The van der Waals surface area contributed by atoms with Crippen LogP contribution in [0, 0.1) is 5.82 Å².